The van der Waals surface area contributed by atoms with Gasteiger partial charge < -0.3 is 30.6 Å². The molecular formula is C28H46O6. The van der Waals surface area contributed by atoms with Crippen LogP contribution in [0.2, 0.25) is 0 Å². The Kier molecular flexibility index (Phi) is 6.09. The third-order valence-electron chi connectivity index (χ3n) is 11.1. The van der Waals surface area contributed by atoms with Gasteiger partial charge >= 0.3 is 0 Å². The van der Waals surface area contributed by atoms with Crippen LogP contribution in [0.5, 0.6) is 0 Å². The fourth-order valence-electron chi connectivity index (χ4n) is 8.10. The van der Waals surface area contributed by atoms with Crippen LogP contribution in [0.1, 0.15) is 86.5 Å². The Hall–Kier alpha value is -0.760. The van der Waals surface area contributed by atoms with Crippen LogP contribution in [0.15, 0.2) is 23.8 Å². The minimum absolute atomic E-state index is 0.00466. The highest BCUT2D eigenvalue weighted by molar-refractivity contribution is 5.45. The Labute approximate surface area is 204 Å². The average Bonchev–Trinajstić information content (AvgIpc) is 3.01. The standard InChI is InChI=1S/C28H46O6/c1-17(7-8-18(2)23(3,4)31)20-10-12-26(32)21-15-22(30)28(34)16-19(29)9-11-25(28,6)27(21,33)14-13-24(20,26)5/h7-8,15,17-20,22,29-34H,9-14,16H2,1-6H3/b8-7+/t17-,18+,19+,20-,22-,24-,25-,26-,27-,28+/m1/s1. The van der Waals surface area contributed by atoms with Gasteiger partial charge in [-0.05, 0) is 75.9 Å². The SMILES string of the molecule is C[C@H](/C=C/[C@H](C)C(C)(C)O)[C@H]1CC[C@@]2(O)C3=C[C@@H](O)[C@@]4(O)C[C@@H](O)CC[C@]4(C)[C@@]3(O)CC[C@]12C. The van der Waals surface area contributed by atoms with Crippen LogP contribution in [0.3, 0.4) is 0 Å². The Morgan fingerprint density at radius 2 is 1.59 bits per heavy atom. The topological polar surface area (TPSA) is 121 Å². The van der Waals surface area contributed by atoms with Crippen LogP contribution in [0.25, 0.3) is 0 Å². The van der Waals surface area contributed by atoms with Crippen LogP contribution in [-0.4, -0.2) is 65.3 Å². The fraction of sp³-hybridized carbons (Fsp3) is 0.857. The summed E-state index contributed by atoms with van der Waals surface area (Å²) in [6, 6.07) is 0. The van der Waals surface area contributed by atoms with E-state index in [1.54, 1.807) is 13.8 Å². The highest BCUT2D eigenvalue weighted by Crippen LogP contribution is 2.70. The maximum atomic E-state index is 12.3. The van der Waals surface area contributed by atoms with E-state index in [2.05, 4.69) is 26.0 Å². The second-order valence-electron chi connectivity index (χ2n) is 13.1. The highest BCUT2D eigenvalue weighted by atomic mass is 16.4. The summed E-state index contributed by atoms with van der Waals surface area (Å²) >= 11 is 0. The number of hydrogen-bond donors (Lipinski definition) is 6. The van der Waals surface area contributed by atoms with E-state index in [4.69, 9.17) is 0 Å². The number of fused-ring (bicyclic) bond motifs is 5. The Morgan fingerprint density at radius 3 is 2.21 bits per heavy atom. The lowest BCUT2D eigenvalue weighted by Crippen LogP contribution is -2.75. The maximum absolute atomic E-state index is 12.3. The summed E-state index contributed by atoms with van der Waals surface area (Å²) in [5, 5.41) is 67.7. The van der Waals surface area contributed by atoms with Crippen molar-refractivity contribution in [3.05, 3.63) is 23.8 Å². The largest absolute Gasteiger partial charge is 0.393 e. The first-order valence-electron chi connectivity index (χ1n) is 13.1. The van der Waals surface area contributed by atoms with Gasteiger partial charge in [-0.25, -0.2) is 0 Å². The molecule has 0 aromatic rings. The zero-order valence-electron chi connectivity index (χ0n) is 21.8. The van der Waals surface area contributed by atoms with Crippen molar-refractivity contribution in [1.29, 1.82) is 0 Å². The Bertz CT molecular complexity index is 877. The van der Waals surface area contributed by atoms with Crippen molar-refractivity contribution in [2.24, 2.45) is 28.6 Å². The Balaban J connectivity index is 1.71. The van der Waals surface area contributed by atoms with E-state index >= 15 is 0 Å². The van der Waals surface area contributed by atoms with Crippen LogP contribution >= 0.6 is 0 Å². The lowest BCUT2D eigenvalue weighted by molar-refractivity contribution is -0.269. The predicted molar refractivity (Wildman–Crippen MR) is 131 cm³/mol. The van der Waals surface area contributed by atoms with Gasteiger partial charge in [-0.3, -0.25) is 0 Å². The van der Waals surface area contributed by atoms with E-state index in [9.17, 15) is 30.6 Å². The molecule has 0 aliphatic heterocycles. The number of rotatable bonds is 4. The summed E-state index contributed by atoms with van der Waals surface area (Å²) in [6.07, 6.45) is 6.84. The summed E-state index contributed by atoms with van der Waals surface area (Å²) in [7, 11) is 0. The van der Waals surface area contributed by atoms with Crippen molar-refractivity contribution >= 4 is 0 Å². The first-order chi connectivity index (χ1) is 15.5. The van der Waals surface area contributed by atoms with Gasteiger partial charge in [-0.15, -0.1) is 0 Å². The molecule has 0 bridgehead atoms. The minimum atomic E-state index is -1.64. The molecule has 0 aromatic carbocycles. The van der Waals surface area contributed by atoms with Crippen LogP contribution < -0.4 is 0 Å². The van der Waals surface area contributed by atoms with Crippen molar-refractivity contribution in [2.45, 2.75) is 121 Å². The smallest absolute Gasteiger partial charge is 0.105 e. The third-order valence-corrected chi connectivity index (χ3v) is 11.1. The van der Waals surface area contributed by atoms with Gasteiger partial charge in [0.15, 0.2) is 0 Å². The number of allylic oxidation sites excluding steroid dienone is 1. The first-order valence-corrected chi connectivity index (χ1v) is 13.1. The quantitative estimate of drug-likeness (QED) is 0.346. The predicted octanol–water partition coefficient (Wildman–Crippen LogP) is 2.84. The number of aliphatic hydroxyl groups is 6. The van der Waals surface area contributed by atoms with Crippen molar-refractivity contribution < 1.29 is 30.6 Å². The molecule has 10 atom stereocenters. The summed E-state index contributed by atoms with van der Waals surface area (Å²) in [5.41, 5.74) is -6.27. The maximum Gasteiger partial charge on any atom is 0.105 e. The third kappa shape index (κ3) is 3.29. The van der Waals surface area contributed by atoms with Gasteiger partial charge in [0.2, 0.25) is 0 Å². The molecule has 0 amide bonds. The zero-order valence-corrected chi connectivity index (χ0v) is 21.8. The van der Waals surface area contributed by atoms with Crippen molar-refractivity contribution in [1.82, 2.24) is 0 Å². The lowest BCUT2D eigenvalue weighted by Gasteiger charge is -2.67. The first kappa shape index (κ1) is 26.3. The molecule has 0 saturated heterocycles. The van der Waals surface area contributed by atoms with Gasteiger partial charge in [0.05, 0.1) is 22.9 Å². The van der Waals surface area contributed by atoms with E-state index in [1.807, 2.05) is 13.8 Å². The molecule has 4 aliphatic rings. The van der Waals surface area contributed by atoms with Gasteiger partial charge in [-0.1, -0.05) is 39.8 Å². The van der Waals surface area contributed by atoms with Crippen molar-refractivity contribution in [3.8, 4) is 0 Å². The van der Waals surface area contributed by atoms with Crippen molar-refractivity contribution in [2.75, 3.05) is 0 Å². The fourth-order valence-corrected chi connectivity index (χ4v) is 8.10. The molecule has 4 rings (SSSR count). The number of hydrogen-bond acceptors (Lipinski definition) is 6. The molecule has 6 N–H and O–H groups in total. The molecule has 6 nitrogen and oxygen atoms in total. The van der Waals surface area contributed by atoms with Gasteiger partial charge in [0.25, 0.3) is 0 Å². The molecule has 0 spiro atoms. The summed E-state index contributed by atoms with van der Waals surface area (Å²) in [4.78, 5) is 0. The summed E-state index contributed by atoms with van der Waals surface area (Å²) in [6.45, 7) is 11.7. The molecule has 6 heteroatoms. The number of aliphatic hydroxyl groups excluding tert-OH is 2. The average molecular weight is 479 g/mol. The molecule has 3 fully saturated rings. The monoisotopic (exact) mass is 478 g/mol. The molecular weight excluding hydrogens is 432 g/mol. The zero-order chi connectivity index (χ0) is 25.5. The van der Waals surface area contributed by atoms with E-state index < -0.39 is 45.4 Å². The highest BCUT2D eigenvalue weighted by Gasteiger charge is 2.74. The summed E-state index contributed by atoms with van der Waals surface area (Å²) in [5.74, 6) is 0.337. The molecule has 3 saturated carbocycles. The second-order valence-corrected chi connectivity index (χ2v) is 13.1. The van der Waals surface area contributed by atoms with E-state index in [1.165, 1.54) is 6.08 Å². The molecule has 4 aliphatic carbocycles. The second kappa shape index (κ2) is 7.87. The van der Waals surface area contributed by atoms with E-state index in [-0.39, 0.29) is 24.2 Å². The molecule has 194 valence electrons. The van der Waals surface area contributed by atoms with Gasteiger partial charge in [0, 0.05) is 23.2 Å². The minimum Gasteiger partial charge on any atom is -0.393 e. The van der Waals surface area contributed by atoms with Crippen LogP contribution in [0, 0.1) is 28.6 Å². The van der Waals surface area contributed by atoms with E-state index in [0.29, 0.717) is 37.7 Å². The van der Waals surface area contributed by atoms with Crippen molar-refractivity contribution in [3.63, 3.8) is 0 Å². The molecule has 34 heavy (non-hydrogen) atoms. The Morgan fingerprint density at radius 1 is 0.941 bits per heavy atom. The summed E-state index contributed by atoms with van der Waals surface area (Å²) < 4.78 is 0. The van der Waals surface area contributed by atoms with E-state index in [0.717, 1.165) is 6.42 Å². The van der Waals surface area contributed by atoms with Gasteiger partial charge in [-0.2, -0.15) is 0 Å². The lowest BCUT2D eigenvalue weighted by atomic mass is 9.42. The van der Waals surface area contributed by atoms with Crippen LogP contribution in [0.4, 0.5) is 0 Å². The normalized spacial score (nSPS) is 50.8. The molecule has 0 aromatic heterocycles. The molecule has 0 unspecified atom stereocenters. The molecule has 0 heterocycles. The molecule has 0 radical (unpaired) electrons. The van der Waals surface area contributed by atoms with Crippen LogP contribution in [-0.2, 0) is 0 Å². The van der Waals surface area contributed by atoms with Gasteiger partial charge in [0.1, 0.15) is 11.7 Å².